The zero-order valence-electron chi connectivity index (χ0n) is 6.28. The van der Waals surface area contributed by atoms with Crippen LogP contribution >= 0.6 is 0 Å². The molecule has 68 valence electrons. The van der Waals surface area contributed by atoms with Gasteiger partial charge >= 0.3 is 11.6 Å². The van der Waals surface area contributed by atoms with E-state index in [2.05, 4.69) is 0 Å². The fourth-order valence-corrected chi connectivity index (χ4v) is 0.956. The van der Waals surface area contributed by atoms with Crippen LogP contribution < -0.4 is 0 Å². The number of allylic oxidation sites excluding steroid dienone is 4. The first-order valence-corrected chi connectivity index (χ1v) is 3.31. The first-order valence-electron chi connectivity index (χ1n) is 3.31. The van der Waals surface area contributed by atoms with Crippen molar-refractivity contribution in [2.45, 2.75) is 5.92 Å². The summed E-state index contributed by atoms with van der Waals surface area (Å²) >= 11 is 0. The Kier molecular flexibility index (Phi) is 2.10. The third-order valence-corrected chi connectivity index (χ3v) is 1.63. The van der Waals surface area contributed by atoms with Gasteiger partial charge in [-0.3, -0.25) is 10.1 Å². The van der Waals surface area contributed by atoms with Gasteiger partial charge in [-0.15, -0.1) is 0 Å². The Bertz CT molecular complexity index is 341. The second-order valence-corrected chi connectivity index (χ2v) is 2.42. The number of nitrogens with zero attached hydrogens (tertiary/aromatic N) is 2. The molecule has 0 bridgehead atoms. The summed E-state index contributed by atoms with van der Waals surface area (Å²) in [6.07, 6.45) is 2.73. The standard InChI is InChI=1S/C7H4F2N2O2/c8-7(9)5(4-10)2-1-3-6(7)11(12)13/h1-3,5H. The Labute approximate surface area is 71.9 Å². The van der Waals surface area contributed by atoms with Crippen LogP contribution in [0.3, 0.4) is 0 Å². The minimum absolute atomic E-state index is 0.702. The van der Waals surface area contributed by atoms with Gasteiger partial charge in [0, 0.05) is 6.08 Å². The van der Waals surface area contributed by atoms with Gasteiger partial charge in [0.1, 0.15) is 5.92 Å². The summed E-state index contributed by atoms with van der Waals surface area (Å²) in [4.78, 5) is 8.97. The van der Waals surface area contributed by atoms with E-state index in [4.69, 9.17) is 5.26 Å². The maximum absolute atomic E-state index is 13.0. The second-order valence-electron chi connectivity index (χ2n) is 2.42. The zero-order valence-corrected chi connectivity index (χ0v) is 6.28. The van der Waals surface area contributed by atoms with Crippen LogP contribution in [0, 0.1) is 27.4 Å². The molecule has 1 atom stereocenters. The van der Waals surface area contributed by atoms with E-state index in [-0.39, 0.29) is 0 Å². The van der Waals surface area contributed by atoms with Crippen molar-refractivity contribution in [3.63, 3.8) is 0 Å². The fourth-order valence-electron chi connectivity index (χ4n) is 0.956. The van der Waals surface area contributed by atoms with Crippen LogP contribution in [-0.4, -0.2) is 10.8 Å². The summed E-state index contributed by atoms with van der Waals surface area (Å²) < 4.78 is 26.0. The van der Waals surface area contributed by atoms with Gasteiger partial charge in [-0.1, -0.05) is 12.2 Å². The molecule has 0 aliphatic heterocycles. The van der Waals surface area contributed by atoms with Gasteiger partial charge in [0.05, 0.1) is 11.0 Å². The molecular weight excluding hydrogens is 182 g/mol. The Morgan fingerprint density at radius 2 is 2.31 bits per heavy atom. The number of nitro groups is 1. The van der Waals surface area contributed by atoms with Crippen molar-refractivity contribution < 1.29 is 13.7 Å². The van der Waals surface area contributed by atoms with Crippen molar-refractivity contribution in [1.82, 2.24) is 0 Å². The van der Waals surface area contributed by atoms with Crippen LogP contribution in [0.1, 0.15) is 0 Å². The molecule has 0 radical (unpaired) electrons. The molecule has 1 aliphatic carbocycles. The van der Waals surface area contributed by atoms with Gasteiger partial charge in [-0.05, 0) is 0 Å². The topological polar surface area (TPSA) is 66.9 Å². The van der Waals surface area contributed by atoms with Crippen LogP contribution in [0.25, 0.3) is 0 Å². The molecule has 0 aromatic carbocycles. The molecule has 4 nitrogen and oxygen atoms in total. The molecule has 0 aromatic rings. The highest BCUT2D eigenvalue weighted by molar-refractivity contribution is 5.27. The van der Waals surface area contributed by atoms with E-state index >= 15 is 0 Å². The Balaban J connectivity index is 3.12. The number of rotatable bonds is 1. The third kappa shape index (κ3) is 1.40. The van der Waals surface area contributed by atoms with E-state index in [1.165, 1.54) is 6.07 Å². The van der Waals surface area contributed by atoms with Gasteiger partial charge < -0.3 is 0 Å². The molecule has 1 rings (SSSR count). The molecule has 0 saturated heterocycles. The first-order chi connectivity index (χ1) is 6.00. The molecule has 0 amide bonds. The lowest BCUT2D eigenvalue weighted by Crippen LogP contribution is -2.33. The average molecular weight is 186 g/mol. The van der Waals surface area contributed by atoms with Crippen LogP contribution in [0.2, 0.25) is 0 Å². The van der Waals surface area contributed by atoms with Gasteiger partial charge in [0.15, 0.2) is 0 Å². The van der Waals surface area contributed by atoms with Gasteiger partial charge in [-0.2, -0.15) is 14.0 Å². The maximum atomic E-state index is 13.0. The summed E-state index contributed by atoms with van der Waals surface area (Å²) in [5.74, 6) is -5.45. The molecular formula is C7H4F2N2O2. The largest absolute Gasteiger partial charge is 0.354 e. The lowest BCUT2D eigenvalue weighted by Gasteiger charge is -2.18. The Morgan fingerprint density at radius 3 is 2.77 bits per heavy atom. The molecule has 1 unspecified atom stereocenters. The molecule has 1 aliphatic rings. The lowest BCUT2D eigenvalue weighted by molar-refractivity contribution is -0.450. The minimum atomic E-state index is -3.70. The summed E-state index contributed by atoms with van der Waals surface area (Å²) in [7, 11) is 0. The van der Waals surface area contributed by atoms with Crippen LogP contribution in [-0.2, 0) is 0 Å². The SMILES string of the molecule is N#CC1C=CC=C([N+](=O)[O-])C1(F)F. The van der Waals surface area contributed by atoms with Gasteiger partial charge in [0.25, 0.3) is 0 Å². The van der Waals surface area contributed by atoms with Crippen molar-refractivity contribution in [1.29, 1.82) is 5.26 Å². The highest BCUT2D eigenvalue weighted by Crippen LogP contribution is 2.35. The number of hydrogen-bond acceptors (Lipinski definition) is 3. The van der Waals surface area contributed by atoms with Crippen molar-refractivity contribution in [2.24, 2.45) is 5.92 Å². The number of hydrogen-bond donors (Lipinski definition) is 0. The zero-order chi connectivity index (χ0) is 10.1. The van der Waals surface area contributed by atoms with Crippen LogP contribution in [0.15, 0.2) is 23.9 Å². The van der Waals surface area contributed by atoms with Crippen molar-refractivity contribution in [2.75, 3.05) is 0 Å². The van der Waals surface area contributed by atoms with Crippen LogP contribution in [0.5, 0.6) is 0 Å². The van der Waals surface area contributed by atoms with Crippen molar-refractivity contribution in [3.8, 4) is 6.07 Å². The summed E-state index contributed by atoms with van der Waals surface area (Å²) in [5.41, 5.74) is -1.23. The fraction of sp³-hybridized carbons (Fsp3) is 0.286. The van der Waals surface area contributed by atoms with Crippen molar-refractivity contribution >= 4 is 0 Å². The minimum Gasteiger partial charge on any atom is -0.258 e. The molecule has 0 saturated carbocycles. The monoisotopic (exact) mass is 186 g/mol. The molecule has 0 spiro atoms. The molecule has 6 heteroatoms. The molecule has 0 heterocycles. The number of halogens is 2. The molecule has 0 N–H and O–H groups in total. The van der Waals surface area contributed by atoms with E-state index < -0.39 is 22.5 Å². The molecule has 0 aromatic heterocycles. The first kappa shape index (κ1) is 9.32. The van der Waals surface area contributed by atoms with E-state index in [1.54, 1.807) is 0 Å². The second kappa shape index (κ2) is 2.94. The normalized spacial score (nSPS) is 24.7. The predicted octanol–water partition coefficient (Wildman–Crippen LogP) is 1.49. The quantitative estimate of drug-likeness (QED) is 0.460. The van der Waals surface area contributed by atoms with E-state index in [9.17, 15) is 18.9 Å². The maximum Gasteiger partial charge on any atom is 0.354 e. The van der Waals surface area contributed by atoms with E-state index in [1.807, 2.05) is 0 Å². The summed E-state index contributed by atoms with van der Waals surface area (Å²) in [5, 5.41) is 18.4. The van der Waals surface area contributed by atoms with Gasteiger partial charge in [0.2, 0.25) is 0 Å². The van der Waals surface area contributed by atoms with Crippen molar-refractivity contribution in [3.05, 3.63) is 34.0 Å². The molecule has 0 fully saturated rings. The smallest absolute Gasteiger partial charge is 0.258 e. The number of nitriles is 1. The van der Waals surface area contributed by atoms with E-state index in [0.717, 1.165) is 12.2 Å². The third-order valence-electron chi connectivity index (χ3n) is 1.63. The average Bonchev–Trinajstić information content (AvgIpc) is 2.02. The summed E-state index contributed by atoms with van der Waals surface area (Å²) in [6.45, 7) is 0. The van der Waals surface area contributed by atoms with Crippen LogP contribution in [0.4, 0.5) is 8.78 Å². The highest BCUT2D eigenvalue weighted by Gasteiger charge is 2.51. The van der Waals surface area contributed by atoms with E-state index in [0.29, 0.717) is 6.08 Å². The Hall–Kier alpha value is -1.77. The Morgan fingerprint density at radius 1 is 1.69 bits per heavy atom. The highest BCUT2D eigenvalue weighted by atomic mass is 19.3. The predicted molar refractivity (Wildman–Crippen MR) is 38.3 cm³/mol. The molecule has 13 heavy (non-hydrogen) atoms. The van der Waals surface area contributed by atoms with Gasteiger partial charge in [-0.25, -0.2) is 0 Å². The summed E-state index contributed by atoms with van der Waals surface area (Å²) in [6, 6.07) is 1.30. The lowest BCUT2D eigenvalue weighted by atomic mass is 9.95. The number of alkyl halides is 2.